The van der Waals surface area contributed by atoms with Crippen LogP contribution in [0, 0.1) is 5.41 Å². The van der Waals surface area contributed by atoms with E-state index in [1.165, 1.54) is 25.7 Å². The van der Waals surface area contributed by atoms with E-state index < -0.39 is 0 Å². The van der Waals surface area contributed by atoms with Gasteiger partial charge >= 0.3 is 0 Å². The zero-order valence-electron chi connectivity index (χ0n) is 9.00. The molecule has 0 radical (unpaired) electrons. The quantitative estimate of drug-likeness (QED) is 0.534. The van der Waals surface area contributed by atoms with Crippen LogP contribution < -0.4 is 5.32 Å². The predicted octanol–water partition coefficient (Wildman–Crippen LogP) is 2.19. The highest BCUT2D eigenvalue weighted by molar-refractivity contribution is 4.96. The molecule has 0 bridgehead atoms. The summed E-state index contributed by atoms with van der Waals surface area (Å²) in [4.78, 5) is 0. The molecule has 0 aromatic heterocycles. The summed E-state index contributed by atoms with van der Waals surface area (Å²) in [7, 11) is 0. The highest BCUT2D eigenvalue weighted by Gasteiger charge is 2.39. The largest absolute Gasteiger partial charge is 0.378 e. The summed E-state index contributed by atoms with van der Waals surface area (Å²) < 4.78 is 0. The molecule has 2 nitrogen and oxygen atoms in total. The van der Waals surface area contributed by atoms with Crippen molar-refractivity contribution in [2.45, 2.75) is 57.7 Å². The van der Waals surface area contributed by atoms with Gasteiger partial charge in [0.2, 0.25) is 0 Å². The first-order valence-electron chi connectivity index (χ1n) is 5.80. The minimum Gasteiger partial charge on any atom is -0.378 e. The summed E-state index contributed by atoms with van der Waals surface area (Å²) in [6.07, 6.45) is 11.2. The van der Waals surface area contributed by atoms with Gasteiger partial charge in [-0.1, -0.05) is 25.5 Å². The Labute approximate surface area is 86.4 Å². The molecule has 2 aliphatic carbocycles. The first-order chi connectivity index (χ1) is 6.71. The van der Waals surface area contributed by atoms with Crippen molar-refractivity contribution in [1.29, 1.82) is 0 Å². The van der Waals surface area contributed by atoms with E-state index in [4.69, 9.17) is 0 Å². The van der Waals surface area contributed by atoms with E-state index in [1.54, 1.807) is 0 Å². The second-order valence-corrected chi connectivity index (χ2v) is 5.06. The summed E-state index contributed by atoms with van der Waals surface area (Å²) in [5.41, 5.74) is 0.154. The summed E-state index contributed by atoms with van der Waals surface area (Å²) >= 11 is 0. The minimum absolute atomic E-state index is 0.154. The van der Waals surface area contributed by atoms with Crippen molar-refractivity contribution in [1.82, 2.24) is 5.32 Å². The second kappa shape index (κ2) is 4.03. The third kappa shape index (κ3) is 2.01. The van der Waals surface area contributed by atoms with E-state index in [9.17, 15) is 5.11 Å². The normalized spacial score (nSPS) is 32.3. The lowest BCUT2D eigenvalue weighted by molar-refractivity contribution is -0.0484. The van der Waals surface area contributed by atoms with Crippen molar-refractivity contribution in [3.05, 3.63) is 12.2 Å². The van der Waals surface area contributed by atoms with Crippen LogP contribution in [-0.2, 0) is 0 Å². The Kier molecular flexibility index (Phi) is 2.93. The Bertz CT molecular complexity index is 220. The molecular formula is C12H21NO. The molecule has 0 amide bonds. The Morgan fingerprint density at radius 1 is 1.43 bits per heavy atom. The fourth-order valence-electron chi connectivity index (χ4n) is 2.38. The number of aliphatic hydroxyl groups is 1. The molecule has 0 spiro atoms. The molecule has 2 aliphatic rings. The van der Waals surface area contributed by atoms with Crippen LogP contribution in [-0.4, -0.2) is 17.4 Å². The van der Waals surface area contributed by atoms with Crippen molar-refractivity contribution in [3.63, 3.8) is 0 Å². The van der Waals surface area contributed by atoms with Gasteiger partial charge in [-0.25, -0.2) is 0 Å². The molecular weight excluding hydrogens is 174 g/mol. The highest BCUT2D eigenvalue weighted by atomic mass is 16.3. The van der Waals surface area contributed by atoms with Crippen molar-refractivity contribution in [3.8, 4) is 0 Å². The maximum Gasteiger partial charge on any atom is 0.110 e. The van der Waals surface area contributed by atoms with Gasteiger partial charge < -0.3 is 5.11 Å². The fraction of sp³-hybridized carbons (Fsp3) is 0.833. The molecule has 14 heavy (non-hydrogen) atoms. The molecule has 80 valence electrons. The Balaban J connectivity index is 1.81. The molecule has 0 saturated heterocycles. The lowest BCUT2D eigenvalue weighted by Crippen LogP contribution is -2.51. The van der Waals surface area contributed by atoms with E-state index >= 15 is 0 Å². The van der Waals surface area contributed by atoms with Crippen LogP contribution in [0.2, 0.25) is 0 Å². The van der Waals surface area contributed by atoms with E-state index in [0.29, 0.717) is 6.04 Å². The lowest BCUT2D eigenvalue weighted by atomic mass is 9.69. The van der Waals surface area contributed by atoms with E-state index in [2.05, 4.69) is 24.4 Å². The van der Waals surface area contributed by atoms with Gasteiger partial charge in [-0.15, -0.1) is 0 Å². The van der Waals surface area contributed by atoms with Gasteiger partial charge in [-0.2, -0.15) is 0 Å². The first-order valence-corrected chi connectivity index (χ1v) is 5.80. The van der Waals surface area contributed by atoms with E-state index in [1.807, 2.05) is 0 Å². The Morgan fingerprint density at radius 2 is 2.21 bits per heavy atom. The number of allylic oxidation sites excluding steroid dienone is 1. The number of hydrogen-bond donors (Lipinski definition) is 2. The molecule has 2 heteroatoms. The van der Waals surface area contributed by atoms with Crippen molar-refractivity contribution in [2.75, 3.05) is 0 Å². The number of hydrogen-bond acceptors (Lipinski definition) is 2. The summed E-state index contributed by atoms with van der Waals surface area (Å²) in [6, 6.07) is 0.493. The van der Waals surface area contributed by atoms with Crippen LogP contribution in [0.5, 0.6) is 0 Å². The molecule has 2 atom stereocenters. The molecule has 2 N–H and O–H groups in total. The molecule has 2 rings (SSSR count). The summed E-state index contributed by atoms with van der Waals surface area (Å²) in [5.74, 6) is 0. The van der Waals surface area contributed by atoms with Crippen molar-refractivity contribution >= 4 is 0 Å². The topological polar surface area (TPSA) is 32.3 Å². The van der Waals surface area contributed by atoms with Crippen LogP contribution in [0.15, 0.2) is 12.2 Å². The average molecular weight is 195 g/mol. The second-order valence-electron chi connectivity index (χ2n) is 5.06. The van der Waals surface area contributed by atoms with Gasteiger partial charge in [-0.3, -0.25) is 5.32 Å². The van der Waals surface area contributed by atoms with Crippen LogP contribution in [0.1, 0.15) is 45.4 Å². The standard InChI is InChI=1S/C12H21NO/c1-12(8-5-9-12)11(14)13-10-6-3-2-4-7-10/h2-3,10-11,13-14H,4-9H2,1H3/t10-,11?/m1/s1. The third-order valence-corrected chi connectivity index (χ3v) is 3.82. The molecule has 1 fully saturated rings. The molecule has 1 unspecified atom stereocenters. The molecule has 0 aromatic rings. The zero-order valence-corrected chi connectivity index (χ0v) is 9.00. The fourth-order valence-corrected chi connectivity index (χ4v) is 2.38. The van der Waals surface area contributed by atoms with Crippen LogP contribution >= 0.6 is 0 Å². The van der Waals surface area contributed by atoms with Gasteiger partial charge in [-0.05, 0) is 32.1 Å². The van der Waals surface area contributed by atoms with Gasteiger partial charge in [0.25, 0.3) is 0 Å². The van der Waals surface area contributed by atoms with Gasteiger partial charge in [0.05, 0.1) is 0 Å². The Hall–Kier alpha value is -0.340. The van der Waals surface area contributed by atoms with E-state index in [-0.39, 0.29) is 11.6 Å². The number of aliphatic hydroxyl groups excluding tert-OH is 1. The maximum atomic E-state index is 10.0. The average Bonchev–Trinajstić information content (AvgIpc) is 2.15. The minimum atomic E-state index is -0.298. The molecule has 0 heterocycles. The molecule has 0 aliphatic heterocycles. The summed E-state index contributed by atoms with van der Waals surface area (Å²) in [6.45, 7) is 2.19. The zero-order chi connectivity index (χ0) is 10.0. The molecule has 0 aromatic carbocycles. The van der Waals surface area contributed by atoms with Gasteiger partial charge in [0.1, 0.15) is 6.23 Å². The van der Waals surface area contributed by atoms with Crippen LogP contribution in [0.3, 0.4) is 0 Å². The molecule has 1 saturated carbocycles. The predicted molar refractivity (Wildman–Crippen MR) is 57.9 cm³/mol. The third-order valence-electron chi connectivity index (χ3n) is 3.82. The van der Waals surface area contributed by atoms with Crippen molar-refractivity contribution < 1.29 is 5.11 Å². The summed E-state index contributed by atoms with van der Waals surface area (Å²) in [5, 5.41) is 13.4. The number of nitrogens with one attached hydrogen (secondary N) is 1. The van der Waals surface area contributed by atoms with Gasteiger partial charge in [0, 0.05) is 11.5 Å². The lowest BCUT2D eigenvalue weighted by Gasteiger charge is -2.44. The monoisotopic (exact) mass is 195 g/mol. The highest BCUT2D eigenvalue weighted by Crippen LogP contribution is 2.42. The van der Waals surface area contributed by atoms with Crippen molar-refractivity contribution in [2.24, 2.45) is 5.41 Å². The maximum absolute atomic E-state index is 10.0. The van der Waals surface area contributed by atoms with Gasteiger partial charge in [0.15, 0.2) is 0 Å². The van der Waals surface area contributed by atoms with Crippen LogP contribution in [0.25, 0.3) is 0 Å². The SMILES string of the molecule is CC1(C(O)N[C@@H]2CC=CCC2)CCC1. The van der Waals surface area contributed by atoms with E-state index in [0.717, 1.165) is 12.8 Å². The Morgan fingerprint density at radius 3 is 2.71 bits per heavy atom. The first kappa shape index (κ1) is 10.2. The number of rotatable bonds is 3. The smallest absolute Gasteiger partial charge is 0.110 e. The van der Waals surface area contributed by atoms with Crippen LogP contribution in [0.4, 0.5) is 0 Å².